The van der Waals surface area contributed by atoms with Crippen molar-refractivity contribution in [2.75, 3.05) is 25.6 Å². The first-order chi connectivity index (χ1) is 14.5. The van der Waals surface area contributed by atoms with Crippen LogP contribution < -0.4 is 14.8 Å². The largest absolute Gasteiger partial charge is 0.493 e. The highest BCUT2D eigenvalue weighted by Gasteiger charge is 2.27. The summed E-state index contributed by atoms with van der Waals surface area (Å²) in [6, 6.07) is 13.7. The molecule has 0 heterocycles. The van der Waals surface area contributed by atoms with Crippen molar-refractivity contribution in [2.24, 2.45) is 0 Å². The normalized spacial score (nSPS) is 11.5. The van der Waals surface area contributed by atoms with E-state index in [9.17, 15) is 9.59 Å². The van der Waals surface area contributed by atoms with Gasteiger partial charge in [0, 0.05) is 17.8 Å². The van der Waals surface area contributed by atoms with E-state index in [0.29, 0.717) is 35.9 Å². The van der Waals surface area contributed by atoms with E-state index in [1.807, 2.05) is 37.3 Å². The van der Waals surface area contributed by atoms with Crippen molar-refractivity contribution in [1.29, 1.82) is 0 Å². The van der Waals surface area contributed by atoms with Crippen LogP contribution in [0.4, 0.5) is 5.69 Å². The smallest absolute Gasteiger partial charge is 0.254 e. The van der Waals surface area contributed by atoms with E-state index in [-0.39, 0.29) is 11.8 Å². The molecule has 2 amide bonds. The van der Waals surface area contributed by atoms with E-state index < -0.39 is 6.04 Å². The summed E-state index contributed by atoms with van der Waals surface area (Å²) in [5.74, 6) is 0.676. The minimum Gasteiger partial charge on any atom is -0.493 e. The molecule has 6 heteroatoms. The van der Waals surface area contributed by atoms with E-state index in [2.05, 4.69) is 12.2 Å². The molecule has 2 aromatic carbocycles. The zero-order chi connectivity index (χ0) is 21.9. The molecule has 0 aliphatic carbocycles. The highest BCUT2D eigenvalue weighted by Crippen LogP contribution is 2.29. The number of unbranched alkanes of at least 4 members (excludes halogenated alkanes) is 1. The molecule has 1 N–H and O–H groups in total. The van der Waals surface area contributed by atoms with Crippen LogP contribution in [-0.4, -0.2) is 43.0 Å². The molecule has 0 radical (unpaired) electrons. The average Bonchev–Trinajstić information content (AvgIpc) is 2.77. The van der Waals surface area contributed by atoms with E-state index in [0.717, 1.165) is 19.3 Å². The fourth-order valence-corrected chi connectivity index (χ4v) is 3.03. The quantitative estimate of drug-likeness (QED) is 0.541. The van der Waals surface area contributed by atoms with Gasteiger partial charge < -0.3 is 19.7 Å². The molecule has 0 bridgehead atoms. The lowest BCUT2D eigenvalue weighted by Gasteiger charge is -2.28. The van der Waals surface area contributed by atoms with Gasteiger partial charge in [0.05, 0.1) is 13.7 Å². The van der Waals surface area contributed by atoms with Gasteiger partial charge in [-0.1, -0.05) is 38.5 Å². The molecule has 1 atom stereocenters. The van der Waals surface area contributed by atoms with Crippen molar-refractivity contribution in [2.45, 2.75) is 46.1 Å². The summed E-state index contributed by atoms with van der Waals surface area (Å²) in [4.78, 5) is 27.5. The summed E-state index contributed by atoms with van der Waals surface area (Å²) in [5, 5.41) is 2.87. The van der Waals surface area contributed by atoms with Crippen LogP contribution in [0.2, 0.25) is 0 Å². The minimum absolute atomic E-state index is 0.217. The van der Waals surface area contributed by atoms with Crippen LogP contribution in [0.25, 0.3) is 0 Å². The Balaban J connectivity index is 2.18. The van der Waals surface area contributed by atoms with Gasteiger partial charge in [-0.05, 0) is 50.1 Å². The predicted molar refractivity (Wildman–Crippen MR) is 119 cm³/mol. The summed E-state index contributed by atoms with van der Waals surface area (Å²) in [6.45, 7) is 6.89. The highest BCUT2D eigenvalue weighted by atomic mass is 16.5. The number of carbonyl (C=O) groups excluding carboxylic acids is 2. The lowest BCUT2D eigenvalue weighted by Crippen LogP contribution is -2.46. The number of hydrogen-bond acceptors (Lipinski definition) is 4. The fourth-order valence-electron chi connectivity index (χ4n) is 3.03. The first-order valence-electron chi connectivity index (χ1n) is 10.5. The van der Waals surface area contributed by atoms with E-state index >= 15 is 0 Å². The van der Waals surface area contributed by atoms with Crippen LogP contribution in [-0.2, 0) is 4.79 Å². The molecule has 2 aromatic rings. The first kappa shape index (κ1) is 23.3. The second-order valence-electron chi connectivity index (χ2n) is 7.10. The number of hydrogen-bond donors (Lipinski definition) is 1. The Kier molecular flexibility index (Phi) is 9.19. The maximum Gasteiger partial charge on any atom is 0.254 e. The monoisotopic (exact) mass is 412 g/mol. The lowest BCUT2D eigenvalue weighted by atomic mass is 10.1. The van der Waals surface area contributed by atoms with Gasteiger partial charge in [-0.25, -0.2) is 0 Å². The Hall–Kier alpha value is -3.02. The van der Waals surface area contributed by atoms with Crippen molar-refractivity contribution in [3.63, 3.8) is 0 Å². The summed E-state index contributed by atoms with van der Waals surface area (Å²) in [7, 11) is 1.55. The van der Waals surface area contributed by atoms with Crippen LogP contribution in [0.15, 0.2) is 48.5 Å². The highest BCUT2D eigenvalue weighted by molar-refractivity contribution is 6.01. The maximum atomic E-state index is 13.2. The topological polar surface area (TPSA) is 67.9 Å². The van der Waals surface area contributed by atoms with Gasteiger partial charge in [0.1, 0.15) is 6.04 Å². The zero-order valence-electron chi connectivity index (χ0n) is 18.3. The Morgan fingerprint density at radius 2 is 1.77 bits per heavy atom. The number of nitrogens with one attached hydrogen (secondary N) is 1. The molecule has 30 heavy (non-hydrogen) atoms. The molecule has 162 valence electrons. The zero-order valence-corrected chi connectivity index (χ0v) is 18.3. The van der Waals surface area contributed by atoms with Crippen molar-refractivity contribution in [3.8, 4) is 11.5 Å². The Morgan fingerprint density at radius 3 is 2.40 bits per heavy atom. The van der Waals surface area contributed by atoms with Gasteiger partial charge in [-0.3, -0.25) is 9.59 Å². The van der Waals surface area contributed by atoms with Gasteiger partial charge in [-0.2, -0.15) is 0 Å². The van der Waals surface area contributed by atoms with Crippen molar-refractivity contribution in [1.82, 2.24) is 4.90 Å². The van der Waals surface area contributed by atoms with Crippen LogP contribution in [0, 0.1) is 0 Å². The third-order valence-electron chi connectivity index (χ3n) is 4.78. The van der Waals surface area contributed by atoms with Crippen molar-refractivity contribution >= 4 is 17.5 Å². The summed E-state index contributed by atoms with van der Waals surface area (Å²) < 4.78 is 11.2. The standard InChI is InChI=1S/C24H32N2O4/c1-5-7-16-30-21-14-13-19(17-22(21)29-4)24(28)26(15-6-2)18(3)23(27)25-20-11-9-8-10-12-20/h8-14,17-18H,5-7,15-16H2,1-4H3,(H,25,27). The number of methoxy groups -OCH3 is 1. The van der Waals surface area contributed by atoms with Crippen molar-refractivity contribution < 1.29 is 19.1 Å². The Labute approximate surface area is 179 Å². The van der Waals surface area contributed by atoms with Crippen molar-refractivity contribution in [3.05, 3.63) is 54.1 Å². The minimum atomic E-state index is -0.621. The van der Waals surface area contributed by atoms with Gasteiger partial charge in [-0.15, -0.1) is 0 Å². The molecule has 2 rings (SSSR count). The Morgan fingerprint density at radius 1 is 1.03 bits per heavy atom. The van der Waals surface area contributed by atoms with Crippen LogP contribution in [0.5, 0.6) is 11.5 Å². The van der Waals surface area contributed by atoms with E-state index in [1.54, 1.807) is 37.1 Å². The second-order valence-corrected chi connectivity index (χ2v) is 7.10. The fraction of sp³-hybridized carbons (Fsp3) is 0.417. The lowest BCUT2D eigenvalue weighted by molar-refractivity contribution is -0.120. The van der Waals surface area contributed by atoms with Gasteiger partial charge in [0.2, 0.25) is 5.91 Å². The van der Waals surface area contributed by atoms with E-state index in [1.165, 1.54) is 0 Å². The second kappa shape index (κ2) is 11.9. The first-order valence-corrected chi connectivity index (χ1v) is 10.5. The number of para-hydroxylation sites is 1. The van der Waals surface area contributed by atoms with Crippen LogP contribution in [0.1, 0.15) is 50.4 Å². The number of nitrogens with zero attached hydrogens (tertiary/aromatic N) is 1. The molecule has 6 nitrogen and oxygen atoms in total. The van der Waals surface area contributed by atoms with E-state index in [4.69, 9.17) is 9.47 Å². The number of carbonyl (C=O) groups is 2. The molecule has 0 aliphatic heterocycles. The molecule has 1 unspecified atom stereocenters. The Bertz CT molecular complexity index is 823. The van der Waals surface area contributed by atoms with Gasteiger partial charge in [0.25, 0.3) is 5.91 Å². The predicted octanol–water partition coefficient (Wildman–Crippen LogP) is 4.75. The number of benzene rings is 2. The maximum absolute atomic E-state index is 13.2. The molecule has 0 spiro atoms. The van der Waals surface area contributed by atoms with Crippen LogP contribution in [0.3, 0.4) is 0 Å². The number of anilines is 1. The summed E-state index contributed by atoms with van der Waals surface area (Å²) in [5.41, 5.74) is 1.16. The number of amides is 2. The molecule has 0 saturated carbocycles. The molecular weight excluding hydrogens is 380 g/mol. The van der Waals surface area contributed by atoms with Gasteiger partial charge in [0.15, 0.2) is 11.5 Å². The number of rotatable bonds is 11. The van der Waals surface area contributed by atoms with Gasteiger partial charge >= 0.3 is 0 Å². The SMILES string of the molecule is CCCCOc1ccc(C(=O)N(CCC)C(C)C(=O)Nc2ccccc2)cc1OC. The molecule has 0 aromatic heterocycles. The summed E-state index contributed by atoms with van der Waals surface area (Å²) >= 11 is 0. The molecular formula is C24H32N2O4. The molecule has 0 fully saturated rings. The third kappa shape index (κ3) is 6.24. The molecule has 0 saturated heterocycles. The average molecular weight is 413 g/mol. The summed E-state index contributed by atoms with van der Waals surface area (Å²) in [6.07, 6.45) is 2.72. The van der Waals surface area contributed by atoms with Crippen LogP contribution >= 0.6 is 0 Å². The number of ether oxygens (including phenoxy) is 2. The molecule has 0 aliphatic rings. The third-order valence-corrected chi connectivity index (χ3v) is 4.78.